The molecule has 4 nitrogen and oxygen atoms in total. The third-order valence-corrected chi connectivity index (χ3v) is 6.99. The number of halogens is 1. The van der Waals surface area contributed by atoms with E-state index in [0.717, 1.165) is 26.3 Å². The van der Waals surface area contributed by atoms with E-state index in [9.17, 15) is 8.42 Å². The van der Waals surface area contributed by atoms with Crippen molar-refractivity contribution in [1.29, 1.82) is 0 Å². The molecule has 7 heteroatoms. The standard InChI is InChI=1S/C18H17BrN2O2S2/c1-11-4-5-14(17-10-24-13(3)20-17)9-18(11)25(22,23)21-15-6-7-16(19)12(2)8-15/h4-10,21H,1-3H3. The Balaban J connectivity index is 2.00. The van der Waals surface area contributed by atoms with Gasteiger partial charge in [-0.3, -0.25) is 4.72 Å². The Hall–Kier alpha value is -1.70. The van der Waals surface area contributed by atoms with Crippen molar-refractivity contribution in [1.82, 2.24) is 4.98 Å². The van der Waals surface area contributed by atoms with Crippen molar-refractivity contribution in [3.8, 4) is 11.3 Å². The van der Waals surface area contributed by atoms with Crippen molar-refractivity contribution < 1.29 is 8.42 Å². The normalized spacial score (nSPS) is 11.5. The summed E-state index contributed by atoms with van der Waals surface area (Å²) in [4.78, 5) is 4.70. The molecule has 1 heterocycles. The molecular formula is C18H17BrN2O2S2. The molecule has 0 atom stereocenters. The molecule has 130 valence electrons. The lowest BCUT2D eigenvalue weighted by Gasteiger charge is -2.12. The van der Waals surface area contributed by atoms with Crippen molar-refractivity contribution >= 4 is 43.0 Å². The highest BCUT2D eigenvalue weighted by atomic mass is 79.9. The second-order valence-corrected chi connectivity index (χ2v) is 9.37. The van der Waals surface area contributed by atoms with Crippen molar-refractivity contribution in [2.75, 3.05) is 4.72 Å². The summed E-state index contributed by atoms with van der Waals surface area (Å²) in [6, 6.07) is 10.7. The largest absolute Gasteiger partial charge is 0.280 e. The van der Waals surface area contributed by atoms with E-state index in [0.29, 0.717) is 11.3 Å². The van der Waals surface area contributed by atoms with Gasteiger partial charge in [0.25, 0.3) is 10.0 Å². The minimum Gasteiger partial charge on any atom is -0.280 e. The van der Waals surface area contributed by atoms with Crippen molar-refractivity contribution in [3.05, 3.63) is 62.4 Å². The molecule has 25 heavy (non-hydrogen) atoms. The van der Waals surface area contributed by atoms with E-state index in [1.54, 1.807) is 36.5 Å². The molecule has 0 aliphatic rings. The van der Waals surface area contributed by atoms with Crippen molar-refractivity contribution in [2.24, 2.45) is 0 Å². The first-order chi connectivity index (χ1) is 11.8. The fourth-order valence-corrected chi connectivity index (χ4v) is 4.65. The molecule has 0 aliphatic carbocycles. The van der Waals surface area contributed by atoms with Gasteiger partial charge in [0, 0.05) is 21.1 Å². The average Bonchev–Trinajstić information content (AvgIpc) is 2.97. The molecule has 1 N–H and O–H groups in total. The number of sulfonamides is 1. The fraction of sp³-hybridized carbons (Fsp3) is 0.167. The van der Waals surface area contributed by atoms with Crippen LogP contribution in [0.15, 0.2) is 51.1 Å². The lowest BCUT2D eigenvalue weighted by molar-refractivity contribution is 0.600. The smallest absolute Gasteiger partial charge is 0.262 e. The summed E-state index contributed by atoms with van der Waals surface area (Å²) >= 11 is 4.96. The summed E-state index contributed by atoms with van der Waals surface area (Å²) < 4.78 is 29.3. The molecule has 0 saturated carbocycles. The van der Waals surface area contributed by atoms with Crippen LogP contribution in [0.1, 0.15) is 16.1 Å². The molecule has 0 aliphatic heterocycles. The predicted molar refractivity (Wildman–Crippen MR) is 107 cm³/mol. The summed E-state index contributed by atoms with van der Waals surface area (Å²) in [6.45, 7) is 5.63. The van der Waals surface area contributed by atoms with Crippen molar-refractivity contribution in [2.45, 2.75) is 25.7 Å². The van der Waals surface area contributed by atoms with Crippen molar-refractivity contribution in [3.63, 3.8) is 0 Å². The van der Waals surface area contributed by atoms with Crippen LogP contribution in [0.2, 0.25) is 0 Å². The van der Waals surface area contributed by atoms with Gasteiger partial charge in [0.2, 0.25) is 0 Å². The number of hydrogen-bond acceptors (Lipinski definition) is 4. The number of rotatable bonds is 4. The van der Waals surface area contributed by atoms with E-state index < -0.39 is 10.0 Å². The topological polar surface area (TPSA) is 59.1 Å². The zero-order chi connectivity index (χ0) is 18.2. The van der Waals surface area contributed by atoms with Gasteiger partial charge < -0.3 is 0 Å². The summed E-state index contributed by atoms with van der Waals surface area (Å²) in [5.74, 6) is 0. The third kappa shape index (κ3) is 3.94. The molecule has 3 aromatic rings. The number of hydrogen-bond donors (Lipinski definition) is 1. The molecule has 0 unspecified atom stereocenters. The Morgan fingerprint density at radius 2 is 1.80 bits per heavy atom. The van der Waals surface area contributed by atoms with Gasteiger partial charge in [-0.1, -0.05) is 28.1 Å². The van der Waals surface area contributed by atoms with E-state index in [2.05, 4.69) is 25.6 Å². The van der Waals surface area contributed by atoms with Crippen LogP contribution in [0.25, 0.3) is 11.3 Å². The quantitative estimate of drug-likeness (QED) is 0.603. The molecular weight excluding hydrogens is 420 g/mol. The van der Waals surface area contributed by atoms with E-state index >= 15 is 0 Å². The van der Waals surface area contributed by atoms with Gasteiger partial charge in [-0.05, 0) is 56.2 Å². The number of anilines is 1. The first kappa shape index (κ1) is 18.1. The van der Waals surface area contributed by atoms with Crippen LogP contribution < -0.4 is 4.72 Å². The maximum absolute atomic E-state index is 12.9. The van der Waals surface area contributed by atoms with Crippen LogP contribution >= 0.6 is 27.3 Å². The second-order valence-electron chi connectivity index (χ2n) is 5.80. The van der Waals surface area contributed by atoms with Gasteiger partial charge in [0.1, 0.15) is 0 Å². The van der Waals surface area contributed by atoms with Crippen LogP contribution in [0.3, 0.4) is 0 Å². The highest BCUT2D eigenvalue weighted by Gasteiger charge is 2.19. The van der Waals surface area contributed by atoms with Crippen LogP contribution in [0.4, 0.5) is 5.69 Å². The Kier molecular flexibility index (Phi) is 4.99. The number of aromatic nitrogens is 1. The molecule has 0 amide bonds. The Labute approximate surface area is 160 Å². The van der Waals surface area contributed by atoms with Gasteiger partial charge in [-0.15, -0.1) is 11.3 Å². The molecule has 1 aromatic heterocycles. The molecule has 0 fully saturated rings. The minimum atomic E-state index is -3.69. The summed E-state index contributed by atoms with van der Waals surface area (Å²) in [5.41, 5.74) is 3.77. The highest BCUT2D eigenvalue weighted by Crippen LogP contribution is 2.28. The summed E-state index contributed by atoms with van der Waals surface area (Å²) in [6.07, 6.45) is 0. The SMILES string of the molecule is Cc1nc(-c2ccc(C)c(S(=O)(=O)Nc3ccc(Br)c(C)c3)c2)cs1. The van der Waals surface area contributed by atoms with E-state index in [-0.39, 0.29) is 4.90 Å². The molecule has 0 radical (unpaired) electrons. The van der Waals surface area contributed by atoms with Gasteiger partial charge in [0.05, 0.1) is 15.6 Å². The van der Waals surface area contributed by atoms with Crippen LogP contribution in [-0.4, -0.2) is 13.4 Å². The summed E-state index contributed by atoms with van der Waals surface area (Å²) in [5, 5.41) is 2.88. The Morgan fingerprint density at radius 3 is 2.44 bits per heavy atom. The number of thiazole rings is 1. The van der Waals surface area contributed by atoms with Crippen LogP contribution in [0, 0.1) is 20.8 Å². The Bertz CT molecular complexity index is 1040. The minimum absolute atomic E-state index is 0.260. The number of nitrogens with zero attached hydrogens (tertiary/aromatic N) is 1. The molecule has 0 bridgehead atoms. The summed E-state index contributed by atoms with van der Waals surface area (Å²) in [7, 11) is -3.69. The van der Waals surface area contributed by atoms with Gasteiger partial charge in [0.15, 0.2) is 0 Å². The van der Waals surface area contributed by atoms with Crippen LogP contribution in [-0.2, 0) is 10.0 Å². The fourth-order valence-electron chi connectivity index (χ4n) is 2.46. The zero-order valence-electron chi connectivity index (χ0n) is 14.0. The van der Waals surface area contributed by atoms with E-state index in [1.807, 2.05) is 37.4 Å². The number of aryl methyl sites for hydroxylation is 3. The zero-order valence-corrected chi connectivity index (χ0v) is 17.2. The molecule has 2 aromatic carbocycles. The van der Waals surface area contributed by atoms with E-state index in [1.165, 1.54) is 0 Å². The lowest BCUT2D eigenvalue weighted by atomic mass is 10.1. The van der Waals surface area contributed by atoms with Gasteiger partial charge in [-0.25, -0.2) is 13.4 Å². The van der Waals surface area contributed by atoms with E-state index in [4.69, 9.17) is 0 Å². The third-order valence-electron chi connectivity index (χ3n) is 3.80. The Morgan fingerprint density at radius 1 is 1.04 bits per heavy atom. The highest BCUT2D eigenvalue weighted by molar-refractivity contribution is 9.10. The average molecular weight is 437 g/mol. The molecule has 0 spiro atoms. The lowest BCUT2D eigenvalue weighted by Crippen LogP contribution is -2.14. The monoisotopic (exact) mass is 436 g/mol. The first-order valence-corrected chi connectivity index (χ1v) is 10.7. The number of benzene rings is 2. The molecule has 0 saturated heterocycles. The maximum atomic E-state index is 12.9. The van der Waals surface area contributed by atoms with Gasteiger partial charge >= 0.3 is 0 Å². The maximum Gasteiger partial charge on any atom is 0.262 e. The first-order valence-electron chi connectivity index (χ1n) is 7.58. The van der Waals surface area contributed by atoms with Gasteiger partial charge in [-0.2, -0.15) is 0 Å². The predicted octanol–water partition coefficient (Wildman–Crippen LogP) is 5.30. The second kappa shape index (κ2) is 6.90. The molecule has 3 rings (SSSR count). The van der Waals surface area contributed by atoms with Crippen LogP contribution in [0.5, 0.6) is 0 Å². The number of nitrogens with one attached hydrogen (secondary N) is 1.